The van der Waals surface area contributed by atoms with Crippen LogP contribution in [0, 0.1) is 0 Å². The van der Waals surface area contributed by atoms with E-state index in [0.29, 0.717) is 18.3 Å². The van der Waals surface area contributed by atoms with E-state index in [1.165, 1.54) is 56.4 Å². The van der Waals surface area contributed by atoms with Crippen molar-refractivity contribution >= 4 is 21.6 Å². The van der Waals surface area contributed by atoms with Gasteiger partial charge in [-0.05, 0) is 49.9 Å². The highest BCUT2D eigenvalue weighted by Crippen LogP contribution is 2.14. The molecular formula is C14H22N3O3S+. The lowest BCUT2D eigenvalue weighted by atomic mass is 9.95. The lowest BCUT2D eigenvalue weighted by Crippen LogP contribution is -2.91. The number of nitrogens with one attached hydrogen (secondary N) is 1. The van der Waals surface area contributed by atoms with Crippen LogP contribution in [0.2, 0.25) is 0 Å². The van der Waals surface area contributed by atoms with Gasteiger partial charge in [-0.15, -0.1) is 0 Å². The first-order valence-electron chi connectivity index (χ1n) is 7.21. The average molecular weight is 312 g/mol. The molecule has 0 aromatic heterocycles. The number of carbonyl (C=O) groups excluding carboxylic acids is 1. The molecule has 1 aliphatic carbocycles. The molecule has 0 aliphatic heterocycles. The van der Waals surface area contributed by atoms with Crippen LogP contribution in [0.25, 0.3) is 0 Å². The van der Waals surface area contributed by atoms with Gasteiger partial charge in [0.25, 0.3) is 5.91 Å². The number of anilines is 1. The zero-order valence-electron chi connectivity index (χ0n) is 11.9. The summed E-state index contributed by atoms with van der Waals surface area (Å²) in [5, 5.41) is 9.86. The van der Waals surface area contributed by atoms with E-state index in [1.807, 2.05) is 0 Å². The summed E-state index contributed by atoms with van der Waals surface area (Å²) in [6, 6.07) is 6.40. The summed E-state index contributed by atoms with van der Waals surface area (Å²) < 4.78 is 22.3. The number of carbonyl (C=O) groups is 1. The molecule has 5 N–H and O–H groups in total. The molecule has 1 fully saturated rings. The second-order valence-corrected chi connectivity index (χ2v) is 7.02. The van der Waals surface area contributed by atoms with Gasteiger partial charge in [-0.25, -0.2) is 13.6 Å². The molecule has 0 unspecified atom stereocenters. The minimum absolute atomic E-state index is 0.0364. The van der Waals surface area contributed by atoms with Crippen molar-refractivity contribution in [1.82, 2.24) is 0 Å². The Bertz CT molecular complexity index is 578. The molecule has 1 aromatic rings. The van der Waals surface area contributed by atoms with Gasteiger partial charge in [0.05, 0.1) is 10.9 Å². The van der Waals surface area contributed by atoms with Gasteiger partial charge in [0, 0.05) is 5.69 Å². The SMILES string of the molecule is NS(=O)(=O)c1ccc(NC(=O)C[NH2+]C2CCCCC2)cc1. The van der Waals surface area contributed by atoms with Crippen LogP contribution in [0.1, 0.15) is 32.1 Å². The van der Waals surface area contributed by atoms with Crippen LogP contribution < -0.4 is 15.8 Å². The average Bonchev–Trinajstić information content (AvgIpc) is 2.46. The van der Waals surface area contributed by atoms with Crippen molar-refractivity contribution < 1.29 is 18.5 Å². The maximum absolute atomic E-state index is 11.9. The van der Waals surface area contributed by atoms with Gasteiger partial charge in [0.15, 0.2) is 6.54 Å². The number of primary sulfonamides is 1. The Morgan fingerprint density at radius 2 is 1.81 bits per heavy atom. The minimum Gasteiger partial charge on any atom is -0.336 e. The van der Waals surface area contributed by atoms with E-state index in [4.69, 9.17) is 5.14 Å². The molecule has 7 heteroatoms. The Kier molecular flexibility index (Phi) is 5.33. The fourth-order valence-corrected chi connectivity index (χ4v) is 3.10. The van der Waals surface area contributed by atoms with Crippen LogP contribution in [-0.2, 0) is 14.8 Å². The molecule has 2 rings (SSSR count). The topological polar surface area (TPSA) is 106 Å². The summed E-state index contributed by atoms with van der Waals surface area (Å²) in [5.74, 6) is -0.0797. The molecule has 0 radical (unpaired) electrons. The van der Waals surface area contributed by atoms with E-state index >= 15 is 0 Å². The molecule has 6 nitrogen and oxygen atoms in total. The molecule has 1 aromatic carbocycles. The standard InChI is InChI=1S/C14H21N3O3S/c15-21(19,20)13-8-6-12(7-9-13)17-14(18)10-16-11-4-2-1-3-5-11/h6-9,11,16H,1-5,10H2,(H,17,18)(H2,15,19,20)/p+1. The van der Waals surface area contributed by atoms with Gasteiger partial charge in [-0.3, -0.25) is 4.79 Å². The number of nitrogens with two attached hydrogens (primary N) is 2. The van der Waals surface area contributed by atoms with Crippen molar-refractivity contribution in [2.75, 3.05) is 11.9 Å². The highest BCUT2D eigenvalue weighted by Gasteiger charge is 2.17. The molecule has 1 saturated carbocycles. The third-order valence-corrected chi connectivity index (χ3v) is 4.68. The minimum atomic E-state index is -3.69. The quantitative estimate of drug-likeness (QED) is 0.721. The Hall–Kier alpha value is -1.44. The molecule has 0 atom stereocenters. The number of benzene rings is 1. The first kappa shape index (κ1) is 15.9. The van der Waals surface area contributed by atoms with Crippen LogP contribution in [0.5, 0.6) is 0 Å². The normalized spacial score (nSPS) is 16.6. The predicted octanol–water partition coefficient (Wildman–Crippen LogP) is 0.169. The van der Waals surface area contributed by atoms with Crippen molar-refractivity contribution in [2.24, 2.45) is 5.14 Å². The van der Waals surface area contributed by atoms with Gasteiger partial charge >= 0.3 is 0 Å². The smallest absolute Gasteiger partial charge is 0.279 e. The second kappa shape index (κ2) is 7.02. The van der Waals surface area contributed by atoms with Crippen molar-refractivity contribution in [2.45, 2.75) is 43.0 Å². The van der Waals surface area contributed by atoms with Crippen LogP contribution in [0.3, 0.4) is 0 Å². The first-order chi connectivity index (χ1) is 9.95. The van der Waals surface area contributed by atoms with E-state index in [2.05, 4.69) is 10.6 Å². The van der Waals surface area contributed by atoms with E-state index in [-0.39, 0.29) is 10.8 Å². The molecule has 116 valence electrons. The second-order valence-electron chi connectivity index (χ2n) is 5.46. The molecule has 1 aliphatic rings. The number of sulfonamides is 1. The summed E-state index contributed by atoms with van der Waals surface area (Å²) in [7, 11) is -3.69. The van der Waals surface area contributed by atoms with Crippen LogP contribution in [-0.4, -0.2) is 26.9 Å². The summed E-state index contributed by atoms with van der Waals surface area (Å²) >= 11 is 0. The lowest BCUT2D eigenvalue weighted by Gasteiger charge is -2.19. The molecular weight excluding hydrogens is 290 g/mol. The van der Waals surface area contributed by atoms with E-state index in [1.54, 1.807) is 0 Å². The number of amides is 1. The number of quaternary nitrogens is 1. The fraction of sp³-hybridized carbons (Fsp3) is 0.500. The highest BCUT2D eigenvalue weighted by molar-refractivity contribution is 7.89. The highest BCUT2D eigenvalue weighted by atomic mass is 32.2. The van der Waals surface area contributed by atoms with Gasteiger partial charge in [-0.2, -0.15) is 0 Å². The number of hydrogen-bond donors (Lipinski definition) is 3. The Labute approximate surface area is 125 Å². The predicted molar refractivity (Wildman–Crippen MR) is 80.1 cm³/mol. The lowest BCUT2D eigenvalue weighted by molar-refractivity contribution is -0.681. The third kappa shape index (κ3) is 5.11. The third-order valence-electron chi connectivity index (χ3n) is 3.75. The Balaban J connectivity index is 1.82. The zero-order valence-corrected chi connectivity index (χ0v) is 12.7. The van der Waals surface area contributed by atoms with Gasteiger partial charge in [-0.1, -0.05) is 6.42 Å². The maximum atomic E-state index is 11.9. The summed E-state index contributed by atoms with van der Waals surface area (Å²) in [6.45, 7) is 0.390. The van der Waals surface area contributed by atoms with Crippen molar-refractivity contribution in [3.63, 3.8) is 0 Å². The van der Waals surface area contributed by atoms with Gasteiger partial charge in [0.2, 0.25) is 10.0 Å². The molecule has 1 amide bonds. The number of rotatable bonds is 5. The van der Waals surface area contributed by atoms with Crippen LogP contribution in [0.4, 0.5) is 5.69 Å². The molecule has 0 saturated heterocycles. The summed E-state index contributed by atoms with van der Waals surface area (Å²) in [4.78, 5) is 11.9. The van der Waals surface area contributed by atoms with Gasteiger partial charge in [0.1, 0.15) is 0 Å². The van der Waals surface area contributed by atoms with E-state index < -0.39 is 10.0 Å². The monoisotopic (exact) mass is 312 g/mol. The Morgan fingerprint density at radius 1 is 1.19 bits per heavy atom. The van der Waals surface area contributed by atoms with Crippen molar-refractivity contribution in [3.05, 3.63) is 24.3 Å². The number of hydrogen-bond acceptors (Lipinski definition) is 3. The summed E-state index contributed by atoms with van der Waals surface area (Å²) in [6.07, 6.45) is 6.15. The molecule has 0 bridgehead atoms. The van der Waals surface area contributed by atoms with E-state index in [9.17, 15) is 13.2 Å². The maximum Gasteiger partial charge on any atom is 0.279 e. The zero-order chi connectivity index (χ0) is 15.3. The van der Waals surface area contributed by atoms with Crippen LogP contribution in [0.15, 0.2) is 29.2 Å². The molecule has 21 heavy (non-hydrogen) atoms. The van der Waals surface area contributed by atoms with Gasteiger partial charge < -0.3 is 10.6 Å². The largest absolute Gasteiger partial charge is 0.336 e. The summed E-state index contributed by atoms with van der Waals surface area (Å²) in [5.41, 5.74) is 0.574. The first-order valence-corrected chi connectivity index (χ1v) is 8.76. The van der Waals surface area contributed by atoms with Crippen LogP contribution >= 0.6 is 0 Å². The van der Waals surface area contributed by atoms with Crippen molar-refractivity contribution in [1.29, 1.82) is 0 Å². The van der Waals surface area contributed by atoms with Crippen molar-refractivity contribution in [3.8, 4) is 0 Å². The fourth-order valence-electron chi connectivity index (χ4n) is 2.58. The Morgan fingerprint density at radius 3 is 2.38 bits per heavy atom. The molecule has 0 spiro atoms. The van der Waals surface area contributed by atoms with E-state index in [0.717, 1.165) is 0 Å². The molecule has 0 heterocycles.